The average molecular weight is 260 g/mol. The molecule has 0 amide bonds. The predicted molar refractivity (Wildman–Crippen MR) is 83.7 cm³/mol. The van der Waals surface area contributed by atoms with Gasteiger partial charge < -0.3 is 10.6 Å². The molecule has 106 valence electrons. The fourth-order valence-electron chi connectivity index (χ4n) is 3.13. The Hall–Kier alpha value is -1.02. The van der Waals surface area contributed by atoms with Crippen LogP contribution in [0.5, 0.6) is 0 Å². The van der Waals surface area contributed by atoms with Gasteiger partial charge >= 0.3 is 0 Å². The Morgan fingerprint density at radius 2 is 1.95 bits per heavy atom. The minimum absolute atomic E-state index is 0.533. The van der Waals surface area contributed by atoms with E-state index in [1.54, 1.807) is 0 Å². The lowest BCUT2D eigenvalue weighted by molar-refractivity contribution is 0.518. The molecular formula is C17H28N2. The highest BCUT2D eigenvalue weighted by Gasteiger charge is 2.24. The first-order valence-corrected chi connectivity index (χ1v) is 7.91. The molecule has 1 atom stereocenters. The summed E-state index contributed by atoms with van der Waals surface area (Å²) in [4.78, 5) is 2.54. The first kappa shape index (κ1) is 14.4. The minimum Gasteiger partial charge on any atom is -0.367 e. The highest BCUT2D eigenvalue weighted by Crippen LogP contribution is 2.30. The number of hydrogen-bond donors (Lipinski definition) is 1. The van der Waals surface area contributed by atoms with E-state index in [0.717, 1.165) is 13.1 Å². The van der Waals surface area contributed by atoms with Crippen LogP contribution in [0.2, 0.25) is 0 Å². The smallest absolute Gasteiger partial charge is 0.0412 e. The number of unbranched alkanes of at least 4 members (excludes halogenated alkanes) is 4. The van der Waals surface area contributed by atoms with E-state index in [-0.39, 0.29) is 0 Å². The van der Waals surface area contributed by atoms with Crippen molar-refractivity contribution in [3.63, 3.8) is 0 Å². The van der Waals surface area contributed by atoms with Gasteiger partial charge in [-0.1, -0.05) is 57.2 Å². The molecule has 0 aromatic heterocycles. The first-order valence-electron chi connectivity index (χ1n) is 7.91. The highest BCUT2D eigenvalue weighted by atomic mass is 15.2. The van der Waals surface area contributed by atoms with E-state index in [1.807, 2.05) is 0 Å². The van der Waals surface area contributed by atoms with Crippen molar-refractivity contribution >= 4 is 5.69 Å². The van der Waals surface area contributed by atoms with E-state index in [0.29, 0.717) is 6.04 Å². The van der Waals surface area contributed by atoms with Gasteiger partial charge in [0.15, 0.2) is 0 Å². The lowest BCUT2D eigenvalue weighted by Gasteiger charge is -2.29. The number of rotatable bonds is 8. The highest BCUT2D eigenvalue weighted by molar-refractivity contribution is 5.58. The number of anilines is 1. The van der Waals surface area contributed by atoms with Crippen LogP contribution in [-0.4, -0.2) is 19.1 Å². The van der Waals surface area contributed by atoms with Crippen LogP contribution in [0.15, 0.2) is 24.3 Å². The third kappa shape index (κ3) is 3.73. The molecule has 19 heavy (non-hydrogen) atoms. The molecule has 0 saturated heterocycles. The minimum atomic E-state index is 0.533. The molecule has 2 N–H and O–H groups in total. The Kier molecular flexibility index (Phi) is 5.71. The molecule has 1 aliphatic rings. The Bertz CT molecular complexity index is 375. The van der Waals surface area contributed by atoms with Gasteiger partial charge in [-0.15, -0.1) is 0 Å². The summed E-state index contributed by atoms with van der Waals surface area (Å²) in [5.41, 5.74) is 8.92. The van der Waals surface area contributed by atoms with Gasteiger partial charge in [0.2, 0.25) is 0 Å². The van der Waals surface area contributed by atoms with Crippen molar-refractivity contribution in [2.45, 2.75) is 57.9 Å². The van der Waals surface area contributed by atoms with Crippen molar-refractivity contribution in [1.82, 2.24) is 0 Å². The molecule has 0 saturated carbocycles. The molecule has 1 aliphatic heterocycles. The Morgan fingerprint density at radius 1 is 1.16 bits per heavy atom. The summed E-state index contributed by atoms with van der Waals surface area (Å²) in [6, 6.07) is 9.33. The lowest BCUT2D eigenvalue weighted by atomic mass is 10.0. The van der Waals surface area contributed by atoms with Crippen molar-refractivity contribution in [2.75, 3.05) is 18.0 Å². The predicted octanol–water partition coefficient (Wildman–Crippen LogP) is 3.74. The van der Waals surface area contributed by atoms with Crippen LogP contribution >= 0.6 is 0 Å². The van der Waals surface area contributed by atoms with Crippen LogP contribution < -0.4 is 10.6 Å². The second-order valence-electron chi connectivity index (χ2n) is 5.66. The van der Waals surface area contributed by atoms with Crippen LogP contribution in [0.3, 0.4) is 0 Å². The Morgan fingerprint density at radius 3 is 2.74 bits per heavy atom. The molecule has 1 aromatic carbocycles. The topological polar surface area (TPSA) is 29.3 Å². The zero-order valence-electron chi connectivity index (χ0n) is 12.3. The van der Waals surface area contributed by atoms with Gasteiger partial charge in [0, 0.05) is 24.8 Å². The number of hydrogen-bond acceptors (Lipinski definition) is 2. The standard InChI is InChI=1S/C17H28N2/c1-2-3-4-5-6-10-16(14-18)19-13-12-15-9-7-8-11-17(15)19/h7-9,11,16H,2-6,10,12-14,18H2,1H3. The summed E-state index contributed by atoms with van der Waals surface area (Å²) in [6.45, 7) is 4.20. The number of nitrogens with zero attached hydrogens (tertiary/aromatic N) is 1. The monoisotopic (exact) mass is 260 g/mol. The maximum absolute atomic E-state index is 6.01. The third-order valence-electron chi connectivity index (χ3n) is 4.28. The molecule has 0 spiro atoms. The van der Waals surface area contributed by atoms with Crippen molar-refractivity contribution in [1.29, 1.82) is 0 Å². The Labute approximate surface area is 118 Å². The molecule has 1 unspecified atom stereocenters. The Balaban J connectivity index is 1.85. The zero-order valence-corrected chi connectivity index (χ0v) is 12.3. The first-order chi connectivity index (χ1) is 9.36. The normalized spacial score (nSPS) is 15.6. The molecule has 1 heterocycles. The largest absolute Gasteiger partial charge is 0.367 e. The molecule has 2 nitrogen and oxygen atoms in total. The molecular weight excluding hydrogens is 232 g/mol. The molecule has 2 heteroatoms. The SMILES string of the molecule is CCCCCCCC(CN)N1CCc2ccccc21. The fraction of sp³-hybridized carbons (Fsp3) is 0.647. The van der Waals surface area contributed by atoms with Gasteiger partial charge in [-0.05, 0) is 24.5 Å². The summed E-state index contributed by atoms with van der Waals surface area (Å²) >= 11 is 0. The lowest BCUT2D eigenvalue weighted by Crippen LogP contribution is -2.39. The maximum atomic E-state index is 6.01. The van der Waals surface area contributed by atoms with Crippen molar-refractivity contribution < 1.29 is 0 Å². The van der Waals surface area contributed by atoms with E-state index >= 15 is 0 Å². The number of nitrogens with two attached hydrogens (primary N) is 1. The van der Waals surface area contributed by atoms with Gasteiger partial charge in [-0.3, -0.25) is 0 Å². The third-order valence-corrected chi connectivity index (χ3v) is 4.28. The van der Waals surface area contributed by atoms with Crippen molar-refractivity contribution in [3.8, 4) is 0 Å². The van der Waals surface area contributed by atoms with Crippen LogP contribution in [0, 0.1) is 0 Å². The van der Waals surface area contributed by atoms with Crippen molar-refractivity contribution in [3.05, 3.63) is 29.8 Å². The number of fused-ring (bicyclic) bond motifs is 1. The molecule has 0 bridgehead atoms. The average Bonchev–Trinajstić information content (AvgIpc) is 2.87. The van der Waals surface area contributed by atoms with Gasteiger partial charge in [-0.25, -0.2) is 0 Å². The molecule has 0 fully saturated rings. The van der Waals surface area contributed by atoms with Gasteiger partial charge in [0.25, 0.3) is 0 Å². The van der Waals surface area contributed by atoms with Gasteiger partial charge in [-0.2, -0.15) is 0 Å². The zero-order chi connectivity index (χ0) is 13.5. The van der Waals surface area contributed by atoms with E-state index in [9.17, 15) is 0 Å². The summed E-state index contributed by atoms with van der Waals surface area (Å²) in [5, 5.41) is 0. The number of benzene rings is 1. The second-order valence-corrected chi connectivity index (χ2v) is 5.66. The second kappa shape index (κ2) is 7.54. The molecule has 2 rings (SSSR count). The molecule has 1 aromatic rings. The molecule has 0 aliphatic carbocycles. The summed E-state index contributed by atoms with van der Waals surface area (Å²) in [7, 11) is 0. The quantitative estimate of drug-likeness (QED) is 0.722. The van der Waals surface area contributed by atoms with Gasteiger partial charge in [0.1, 0.15) is 0 Å². The van der Waals surface area contributed by atoms with Crippen LogP contribution in [0.1, 0.15) is 51.0 Å². The maximum Gasteiger partial charge on any atom is 0.0412 e. The van der Waals surface area contributed by atoms with E-state index in [1.165, 1.54) is 56.2 Å². The van der Waals surface area contributed by atoms with E-state index in [2.05, 4.69) is 36.1 Å². The van der Waals surface area contributed by atoms with Crippen LogP contribution in [0.25, 0.3) is 0 Å². The van der Waals surface area contributed by atoms with E-state index in [4.69, 9.17) is 5.73 Å². The van der Waals surface area contributed by atoms with Crippen LogP contribution in [-0.2, 0) is 6.42 Å². The molecule has 0 radical (unpaired) electrons. The van der Waals surface area contributed by atoms with E-state index < -0.39 is 0 Å². The summed E-state index contributed by atoms with van der Waals surface area (Å²) in [5.74, 6) is 0. The van der Waals surface area contributed by atoms with Crippen LogP contribution in [0.4, 0.5) is 5.69 Å². The summed E-state index contributed by atoms with van der Waals surface area (Å²) in [6.07, 6.45) is 9.18. The van der Waals surface area contributed by atoms with Gasteiger partial charge in [0.05, 0.1) is 0 Å². The number of para-hydroxylation sites is 1. The van der Waals surface area contributed by atoms with Crippen molar-refractivity contribution in [2.24, 2.45) is 5.73 Å². The fourth-order valence-corrected chi connectivity index (χ4v) is 3.13. The summed E-state index contributed by atoms with van der Waals surface area (Å²) < 4.78 is 0.